The first-order valence-electron chi connectivity index (χ1n) is 4.35. The number of nitrogens with one attached hydrogen (secondary N) is 1. The molecular formula is C8H14N2O3. The molecule has 0 radical (unpaired) electrons. The van der Waals surface area contributed by atoms with Crippen molar-refractivity contribution in [2.24, 2.45) is 0 Å². The van der Waals surface area contributed by atoms with E-state index in [4.69, 9.17) is 5.11 Å². The van der Waals surface area contributed by atoms with Crippen molar-refractivity contribution in [3.8, 4) is 0 Å². The minimum atomic E-state index is -0.309. The van der Waals surface area contributed by atoms with E-state index in [1.165, 1.54) is 4.90 Å². The number of piperazine rings is 1. The standard InChI is InChI=1S/C8H14N2O3/c1-2-8(13)10-3-6(5-11)9-7(12)4-10/h6,11H,2-5H2,1H3,(H,9,12)/t6-/m0/s1. The summed E-state index contributed by atoms with van der Waals surface area (Å²) in [4.78, 5) is 23.8. The summed E-state index contributed by atoms with van der Waals surface area (Å²) in [6, 6.07) is -0.309. The average molecular weight is 186 g/mol. The lowest BCUT2D eigenvalue weighted by molar-refractivity contribution is -0.139. The highest BCUT2D eigenvalue weighted by Crippen LogP contribution is 2.01. The fraction of sp³-hybridized carbons (Fsp3) is 0.750. The van der Waals surface area contributed by atoms with Crippen molar-refractivity contribution >= 4 is 11.8 Å². The van der Waals surface area contributed by atoms with Gasteiger partial charge in [0.1, 0.15) is 0 Å². The molecule has 0 spiro atoms. The zero-order valence-corrected chi connectivity index (χ0v) is 7.62. The molecule has 0 unspecified atom stereocenters. The summed E-state index contributed by atoms with van der Waals surface area (Å²) in [5.74, 6) is -0.250. The Morgan fingerprint density at radius 1 is 1.77 bits per heavy atom. The quantitative estimate of drug-likeness (QED) is 0.564. The van der Waals surface area contributed by atoms with E-state index in [-0.39, 0.29) is 31.0 Å². The van der Waals surface area contributed by atoms with Crippen molar-refractivity contribution in [2.75, 3.05) is 19.7 Å². The maximum atomic E-state index is 11.2. The number of aliphatic hydroxyl groups excluding tert-OH is 1. The van der Waals surface area contributed by atoms with Crippen molar-refractivity contribution in [1.82, 2.24) is 10.2 Å². The lowest BCUT2D eigenvalue weighted by atomic mass is 10.2. The molecule has 13 heavy (non-hydrogen) atoms. The van der Waals surface area contributed by atoms with E-state index in [9.17, 15) is 9.59 Å². The molecule has 2 amide bonds. The summed E-state index contributed by atoms with van der Waals surface area (Å²) in [7, 11) is 0. The Kier molecular flexibility index (Phi) is 3.25. The van der Waals surface area contributed by atoms with Gasteiger partial charge in [0.2, 0.25) is 11.8 Å². The van der Waals surface area contributed by atoms with Crippen LogP contribution in [0.3, 0.4) is 0 Å². The van der Waals surface area contributed by atoms with Crippen LogP contribution in [0.1, 0.15) is 13.3 Å². The molecule has 1 aliphatic heterocycles. The fourth-order valence-electron chi connectivity index (χ4n) is 1.34. The molecule has 0 aromatic carbocycles. The summed E-state index contributed by atoms with van der Waals surface area (Å²) < 4.78 is 0. The number of nitrogens with zero attached hydrogens (tertiary/aromatic N) is 1. The first-order chi connectivity index (χ1) is 6.17. The highest BCUT2D eigenvalue weighted by molar-refractivity contribution is 5.86. The number of carbonyl (C=O) groups excluding carboxylic acids is 2. The van der Waals surface area contributed by atoms with E-state index in [1.807, 2.05) is 0 Å². The third kappa shape index (κ3) is 2.42. The second-order valence-electron chi connectivity index (χ2n) is 3.07. The van der Waals surface area contributed by atoms with Crippen LogP contribution in [0, 0.1) is 0 Å². The molecule has 0 aliphatic carbocycles. The SMILES string of the molecule is CCC(=O)N1CC(=O)N[C@H](CO)C1. The highest BCUT2D eigenvalue weighted by Gasteiger charge is 2.26. The van der Waals surface area contributed by atoms with Gasteiger partial charge in [-0.15, -0.1) is 0 Å². The predicted octanol–water partition coefficient (Wildman–Crippen LogP) is -1.28. The van der Waals surface area contributed by atoms with Gasteiger partial charge in [0.15, 0.2) is 0 Å². The van der Waals surface area contributed by atoms with Crippen LogP contribution in [0.5, 0.6) is 0 Å². The monoisotopic (exact) mass is 186 g/mol. The molecule has 1 atom stereocenters. The Balaban J connectivity index is 2.56. The molecule has 5 heteroatoms. The maximum absolute atomic E-state index is 11.2. The van der Waals surface area contributed by atoms with Crippen LogP contribution < -0.4 is 5.32 Å². The van der Waals surface area contributed by atoms with Crippen molar-refractivity contribution in [1.29, 1.82) is 0 Å². The summed E-state index contributed by atoms with van der Waals surface area (Å²) >= 11 is 0. The summed E-state index contributed by atoms with van der Waals surface area (Å²) in [6.07, 6.45) is 0.394. The Hall–Kier alpha value is -1.10. The minimum Gasteiger partial charge on any atom is -0.394 e. The number of hydrogen-bond donors (Lipinski definition) is 2. The summed E-state index contributed by atoms with van der Waals surface area (Å²) in [5, 5.41) is 11.4. The Bertz CT molecular complexity index is 217. The lowest BCUT2D eigenvalue weighted by Crippen LogP contribution is -2.56. The molecular weight excluding hydrogens is 172 g/mol. The molecule has 1 aliphatic rings. The third-order valence-corrected chi connectivity index (χ3v) is 2.02. The van der Waals surface area contributed by atoms with Gasteiger partial charge in [-0.2, -0.15) is 0 Å². The second kappa shape index (κ2) is 4.23. The van der Waals surface area contributed by atoms with Gasteiger partial charge < -0.3 is 15.3 Å². The molecule has 2 N–H and O–H groups in total. The van der Waals surface area contributed by atoms with E-state index in [0.717, 1.165) is 0 Å². The van der Waals surface area contributed by atoms with Crippen molar-refractivity contribution in [3.63, 3.8) is 0 Å². The van der Waals surface area contributed by atoms with Crippen LogP contribution in [-0.4, -0.2) is 47.6 Å². The molecule has 0 bridgehead atoms. The largest absolute Gasteiger partial charge is 0.394 e. The van der Waals surface area contributed by atoms with Crippen LogP contribution in [0.15, 0.2) is 0 Å². The molecule has 1 fully saturated rings. The first kappa shape index (κ1) is 9.98. The van der Waals surface area contributed by atoms with Gasteiger partial charge in [0.05, 0.1) is 19.2 Å². The van der Waals surface area contributed by atoms with E-state index in [0.29, 0.717) is 13.0 Å². The molecule has 5 nitrogen and oxygen atoms in total. The van der Waals surface area contributed by atoms with Crippen molar-refractivity contribution in [3.05, 3.63) is 0 Å². The van der Waals surface area contributed by atoms with Gasteiger partial charge in [-0.1, -0.05) is 6.92 Å². The number of hydrogen-bond acceptors (Lipinski definition) is 3. The molecule has 74 valence electrons. The molecule has 0 aromatic rings. The van der Waals surface area contributed by atoms with Gasteiger partial charge in [0, 0.05) is 13.0 Å². The molecule has 0 saturated carbocycles. The molecule has 0 aromatic heterocycles. The van der Waals surface area contributed by atoms with Gasteiger partial charge in [-0.3, -0.25) is 9.59 Å². The molecule has 1 saturated heterocycles. The number of amides is 2. The third-order valence-electron chi connectivity index (χ3n) is 2.02. The van der Waals surface area contributed by atoms with Crippen LogP contribution >= 0.6 is 0 Å². The Labute approximate surface area is 76.7 Å². The summed E-state index contributed by atoms with van der Waals surface area (Å²) in [5.41, 5.74) is 0. The number of carbonyl (C=O) groups is 2. The number of rotatable bonds is 2. The number of aliphatic hydroxyl groups is 1. The zero-order chi connectivity index (χ0) is 9.84. The van der Waals surface area contributed by atoms with E-state index in [1.54, 1.807) is 6.92 Å². The average Bonchev–Trinajstić information content (AvgIpc) is 2.15. The highest BCUT2D eigenvalue weighted by atomic mass is 16.3. The topological polar surface area (TPSA) is 69.6 Å². The van der Waals surface area contributed by atoms with Crippen LogP contribution in [0.4, 0.5) is 0 Å². The Morgan fingerprint density at radius 2 is 2.46 bits per heavy atom. The minimum absolute atomic E-state index is 0.0479. The maximum Gasteiger partial charge on any atom is 0.239 e. The van der Waals surface area contributed by atoms with Crippen LogP contribution in [-0.2, 0) is 9.59 Å². The van der Waals surface area contributed by atoms with Crippen LogP contribution in [0.25, 0.3) is 0 Å². The second-order valence-corrected chi connectivity index (χ2v) is 3.07. The Morgan fingerprint density at radius 3 is 3.00 bits per heavy atom. The normalized spacial score (nSPS) is 22.8. The zero-order valence-electron chi connectivity index (χ0n) is 7.62. The smallest absolute Gasteiger partial charge is 0.239 e. The predicted molar refractivity (Wildman–Crippen MR) is 45.9 cm³/mol. The molecule has 1 heterocycles. The van der Waals surface area contributed by atoms with E-state index < -0.39 is 0 Å². The van der Waals surface area contributed by atoms with Gasteiger partial charge >= 0.3 is 0 Å². The van der Waals surface area contributed by atoms with Crippen molar-refractivity contribution in [2.45, 2.75) is 19.4 Å². The van der Waals surface area contributed by atoms with Crippen molar-refractivity contribution < 1.29 is 14.7 Å². The fourth-order valence-corrected chi connectivity index (χ4v) is 1.34. The van der Waals surface area contributed by atoms with Gasteiger partial charge in [0.25, 0.3) is 0 Å². The van der Waals surface area contributed by atoms with E-state index in [2.05, 4.69) is 5.32 Å². The molecule has 1 rings (SSSR count). The van der Waals surface area contributed by atoms with Gasteiger partial charge in [-0.05, 0) is 0 Å². The van der Waals surface area contributed by atoms with Gasteiger partial charge in [-0.25, -0.2) is 0 Å². The lowest BCUT2D eigenvalue weighted by Gasteiger charge is -2.31. The van der Waals surface area contributed by atoms with Crippen LogP contribution in [0.2, 0.25) is 0 Å². The first-order valence-corrected chi connectivity index (χ1v) is 4.35. The summed E-state index contributed by atoms with van der Waals surface area (Å²) in [6.45, 7) is 2.15. The van der Waals surface area contributed by atoms with E-state index >= 15 is 0 Å².